The zero-order valence-electron chi connectivity index (χ0n) is 11.0. The Kier molecular flexibility index (Phi) is 5.24. The summed E-state index contributed by atoms with van der Waals surface area (Å²) in [6, 6.07) is 3.67. The molecular weight excluding hydrogens is 232 g/mol. The van der Waals surface area contributed by atoms with Crippen LogP contribution in [0.3, 0.4) is 0 Å². The second kappa shape index (κ2) is 6.69. The highest BCUT2D eigenvalue weighted by Crippen LogP contribution is 2.39. The summed E-state index contributed by atoms with van der Waals surface area (Å²) in [6.07, 6.45) is 1.94. The van der Waals surface area contributed by atoms with Crippen LogP contribution in [0.15, 0.2) is 24.8 Å². The SMILES string of the molecule is C=CC(=O)Oc1c(OC)cc(CC)cc1OCC. The van der Waals surface area contributed by atoms with E-state index in [-0.39, 0.29) is 0 Å². The fraction of sp³-hybridized carbons (Fsp3) is 0.357. The van der Waals surface area contributed by atoms with Gasteiger partial charge < -0.3 is 14.2 Å². The van der Waals surface area contributed by atoms with Crippen LogP contribution in [0.5, 0.6) is 17.2 Å². The quantitative estimate of drug-likeness (QED) is 0.442. The standard InChI is InChI=1S/C14H18O4/c1-5-10-8-11(16-4)14(18-13(15)6-2)12(9-10)17-7-3/h6,8-9H,2,5,7H2,1,3-4H3. The van der Waals surface area contributed by atoms with Gasteiger partial charge >= 0.3 is 5.97 Å². The normalized spacial score (nSPS) is 9.72. The summed E-state index contributed by atoms with van der Waals surface area (Å²) in [6.45, 7) is 7.74. The van der Waals surface area contributed by atoms with Crippen LogP contribution in [0.25, 0.3) is 0 Å². The van der Waals surface area contributed by atoms with Crippen molar-refractivity contribution in [2.75, 3.05) is 13.7 Å². The fourth-order valence-electron chi connectivity index (χ4n) is 1.49. The largest absolute Gasteiger partial charge is 0.493 e. The van der Waals surface area contributed by atoms with Gasteiger partial charge in [0.1, 0.15) is 0 Å². The van der Waals surface area contributed by atoms with Gasteiger partial charge in [-0.1, -0.05) is 13.5 Å². The molecule has 0 bridgehead atoms. The van der Waals surface area contributed by atoms with Gasteiger partial charge in [-0.2, -0.15) is 0 Å². The number of hydrogen-bond acceptors (Lipinski definition) is 4. The molecule has 0 unspecified atom stereocenters. The van der Waals surface area contributed by atoms with Crippen LogP contribution in [0, 0.1) is 0 Å². The minimum Gasteiger partial charge on any atom is -0.493 e. The zero-order valence-corrected chi connectivity index (χ0v) is 11.0. The monoisotopic (exact) mass is 250 g/mol. The smallest absolute Gasteiger partial charge is 0.335 e. The average molecular weight is 250 g/mol. The first-order valence-corrected chi connectivity index (χ1v) is 5.84. The molecule has 98 valence electrons. The Morgan fingerprint density at radius 2 is 2.00 bits per heavy atom. The molecule has 0 aliphatic rings. The molecule has 0 heterocycles. The van der Waals surface area contributed by atoms with Gasteiger partial charge in [0, 0.05) is 6.08 Å². The van der Waals surface area contributed by atoms with Gasteiger partial charge in [0.05, 0.1) is 13.7 Å². The molecule has 0 radical (unpaired) electrons. The topological polar surface area (TPSA) is 44.8 Å². The van der Waals surface area contributed by atoms with Gasteiger partial charge in [-0.05, 0) is 31.0 Å². The van der Waals surface area contributed by atoms with E-state index < -0.39 is 5.97 Å². The van der Waals surface area contributed by atoms with Crippen LogP contribution in [0.4, 0.5) is 0 Å². The van der Waals surface area contributed by atoms with Crippen molar-refractivity contribution >= 4 is 5.97 Å². The molecule has 1 aromatic rings. The number of carbonyl (C=O) groups excluding carboxylic acids is 1. The molecular formula is C14H18O4. The van der Waals surface area contributed by atoms with E-state index in [2.05, 4.69) is 6.58 Å². The lowest BCUT2D eigenvalue weighted by Crippen LogP contribution is -2.07. The predicted octanol–water partition coefficient (Wildman–Crippen LogP) is 2.75. The van der Waals surface area contributed by atoms with E-state index in [1.165, 1.54) is 7.11 Å². The van der Waals surface area contributed by atoms with E-state index in [9.17, 15) is 4.79 Å². The fourth-order valence-corrected chi connectivity index (χ4v) is 1.49. The summed E-state index contributed by atoms with van der Waals surface area (Å²) in [4.78, 5) is 11.3. The first-order chi connectivity index (χ1) is 8.65. The van der Waals surface area contributed by atoms with Gasteiger partial charge in [0.25, 0.3) is 0 Å². The second-order valence-electron chi connectivity index (χ2n) is 3.54. The Labute approximate surface area is 107 Å². The lowest BCUT2D eigenvalue weighted by molar-refractivity contribution is -0.129. The van der Waals surface area contributed by atoms with Gasteiger partial charge in [-0.3, -0.25) is 0 Å². The summed E-state index contributed by atoms with van der Waals surface area (Å²) in [5.74, 6) is 0.733. The van der Waals surface area contributed by atoms with E-state index in [0.29, 0.717) is 23.9 Å². The molecule has 0 aromatic heterocycles. The number of methoxy groups -OCH3 is 1. The number of benzene rings is 1. The van der Waals surface area contributed by atoms with Crippen LogP contribution < -0.4 is 14.2 Å². The Morgan fingerprint density at radius 1 is 1.33 bits per heavy atom. The minimum absolute atomic E-state index is 0.293. The van der Waals surface area contributed by atoms with Crippen LogP contribution in [0.2, 0.25) is 0 Å². The van der Waals surface area contributed by atoms with Crippen LogP contribution in [0.1, 0.15) is 19.4 Å². The summed E-state index contributed by atoms with van der Waals surface area (Å²) in [5, 5.41) is 0. The molecule has 1 aromatic carbocycles. The molecule has 0 aliphatic carbocycles. The molecule has 0 saturated carbocycles. The lowest BCUT2D eigenvalue weighted by atomic mass is 10.1. The van der Waals surface area contributed by atoms with Gasteiger partial charge in [-0.15, -0.1) is 0 Å². The summed E-state index contributed by atoms with van der Waals surface area (Å²) < 4.78 is 15.9. The van der Waals surface area contributed by atoms with Crippen molar-refractivity contribution in [3.8, 4) is 17.2 Å². The maximum atomic E-state index is 11.3. The van der Waals surface area contributed by atoms with E-state index >= 15 is 0 Å². The van der Waals surface area contributed by atoms with Crippen LogP contribution in [-0.2, 0) is 11.2 Å². The van der Waals surface area contributed by atoms with Crippen molar-refractivity contribution in [1.82, 2.24) is 0 Å². The highest BCUT2D eigenvalue weighted by atomic mass is 16.6. The third-order valence-electron chi connectivity index (χ3n) is 2.38. The molecule has 0 amide bonds. The third kappa shape index (κ3) is 3.26. The zero-order chi connectivity index (χ0) is 13.5. The van der Waals surface area contributed by atoms with Crippen molar-refractivity contribution in [2.24, 2.45) is 0 Å². The van der Waals surface area contributed by atoms with E-state index in [4.69, 9.17) is 14.2 Å². The highest BCUT2D eigenvalue weighted by Gasteiger charge is 2.16. The molecule has 1 rings (SSSR count). The highest BCUT2D eigenvalue weighted by molar-refractivity contribution is 5.84. The van der Waals surface area contributed by atoms with Gasteiger partial charge in [-0.25, -0.2) is 4.79 Å². The number of ether oxygens (including phenoxy) is 3. The first kappa shape index (κ1) is 14.1. The van der Waals surface area contributed by atoms with Crippen molar-refractivity contribution in [1.29, 1.82) is 0 Å². The molecule has 0 saturated heterocycles. The van der Waals surface area contributed by atoms with E-state index in [1.807, 2.05) is 26.0 Å². The second-order valence-corrected chi connectivity index (χ2v) is 3.54. The summed E-state index contributed by atoms with van der Waals surface area (Å²) >= 11 is 0. The van der Waals surface area contributed by atoms with Crippen molar-refractivity contribution in [2.45, 2.75) is 20.3 Å². The minimum atomic E-state index is -0.543. The van der Waals surface area contributed by atoms with E-state index in [1.54, 1.807) is 0 Å². The molecule has 18 heavy (non-hydrogen) atoms. The predicted molar refractivity (Wildman–Crippen MR) is 69.4 cm³/mol. The number of aryl methyl sites for hydroxylation is 1. The summed E-state index contributed by atoms with van der Waals surface area (Å²) in [5.41, 5.74) is 1.05. The maximum Gasteiger partial charge on any atom is 0.335 e. The number of carbonyl (C=O) groups is 1. The molecule has 0 atom stereocenters. The van der Waals surface area contributed by atoms with Crippen molar-refractivity contribution in [3.63, 3.8) is 0 Å². The molecule has 4 nitrogen and oxygen atoms in total. The molecule has 0 aliphatic heterocycles. The van der Waals surface area contributed by atoms with E-state index in [0.717, 1.165) is 18.1 Å². The van der Waals surface area contributed by atoms with Crippen LogP contribution >= 0.6 is 0 Å². The van der Waals surface area contributed by atoms with Crippen molar-refractivity contribution < 1.29 is 19.0 Å². The van der Waals surface area contributed by atoms with Crippen LogP contribution in [-0.4, -0.2) is 19.7 Å². The number of hydrogen-bond donors (Lipinski definition) is 0. The Balaban J connectivity index is 3.24. The first-order valence-electron chi connectivity index (χ1n) is 5.84. The molecule has 0 spiro atoms. The Morgan fingerprint density at radius 3 is 2.50 bits per heavy atom. The van der Waals surface area contributed by atoms with Gasteiger partial charge in [0.15, 0.2) is 11.5 Å². The maximum absolute atomic E-state index is 11.3. The number of rotatable bonds is 6. The third-order valence-corrected chi connectivity index (χ3v) is 2.38. The van der Waals surface area contributed by atoms with Crippen molar-refractivity contribution in [3.05, 3.63) is 30.4 Å². The molecule has 0 fully saturated rings. The molecule has 0 N–H and O–H groups in total. The summed E-state index contributed by atoms with van der Waals surface area (Å²) in [7, 11) is 1.52. The number of esters is 1. The molecule has 4 heteroatoms. The lowest BCUT2D eigenvalue weighted by Gasteiger charge is -2.14. The Hall–Kier alpha value is -1.97. The Bertz CT molecular complexity index is 438. The average Bonchev–Trinajstić information content (AvgIpc) is 2.40. The van der Waals surface area contributed by atoms with Gasteiger partial charge in [0.2, 0.25) is 5.75 Å².